The fraction of sp³-hybridized carbons (Fsp3) is 0.500. The van der Waals surface area contributed by atoms with Gasteiger partial charge < -0.3 is 15.5 Å². The van der Waals surface area contributed by atoms with Crippen LogP contribution in [-0.4, -0.2) is 43.5 Å². The summed E-state index contributed by atoms with van der Waals surface area (Å²) in [7, 11) is 2.10. The fourth-order valence-corrected chi connectivity index (χ4v) is 2.35. The molecular formula is C14H20FN3O. The number of nitrogens with zero attached hydrogens (tertiary/aromatic N) is 1. The highest BCUT2D eigenvalue weighted by atomic mass is 19.1. The number of hydrogen-bond donors (Lipinski definition) is 2. The molecule has 5 heteroatoms. The quantitative estimate of drug-likeness (QED) is 0.847. The molecule has 0 spiro atoms. The predicted molar refractivity (Wildman–Crippen MR) is 73.6 cm³/mol. The van der Waals surface area contributed by atoms with Gasteiger partial charge in [0.25, 0.3) is 0 Å². The van der Waals surface area contributed by atoms with Crippen LogP contribution in [0, 0.1) is 5.82 Å². The minimum Gasteiger partial charge on any atom is -0.322 e. The molecule has 0 saturated carbocycles. The topological polar surface area (TPSA) is 44.4 Å². The molecule has 1 aliphatic rings. The molecule has 1 aromatic rings. The van der Waals surface area contributed by atoms with Gasteiger partial charge in [0.2, 0.25) is 5.91 Å². The number of likely N-dealkylation sites (tertiary alicyclic amines) is 1. The number of carbonyl (C=O) groups is 1. The molecule has 1 atom stereocenters. The van der Waals surface area contributed by atoms with Gasteiger partial charge in [0.05, 0.1) is 12.2 Å². The molecule has 4 nitrogen and oxygen atoms in total. The molecule has 2 rings (SSSR count). The van der Waals surface area contributed by atoms with E-state index in [4.69, 9.17) is 0 Å². The second-order valence-electron chi connectivity index (χ2n) is 4.94. The molecule has 0 aliphatic carbocycles. The summed E-state index contributed by atoms with van der Waals surface area (Å²) in [5, 5.41) is 5.68. The number of halogens is 1. The van der Waals surface area contributed by atoms with Crippen LogP contribution in [0.1, 0.15) is 12.8 Å². The Morgan fingerprint density at radius 1 is 1.47 bits per heavy atom. The summed E-state index contributed by atoms with van der Waals surface area (Å²) < 4.78 is 13.3. The zero-order valence-electron chi connectivity index (χ0n) is 11.2. The van der Waals surface area contributed by atoms with E-state index in [9.17, 15) is 9.18 Å². The maximum absolute atomic E-state index is 13.3. The number of benzene rings is 1. The van der Waals surface area contributed by atoms with Crippen LogP contribution in [-0.2, 0) is 4.79 Å². The molecule has 1 fully saturated rings. The molecule has 0 aromatic heterocycles. The summed E-state index contributed by atoms with van der Waals surface area (Å²) in [6, 6.07) is 6.68. The first-order valence-corrected chi connectivity index (χ1v) is 6.62. The molecule has 1 unspecified atom stereocenters. The Labute approximate surface area is 113 Å². The highest BCUT2D eigenvalue weighted by Crippen LogP contribution is 2.13. The molecule has 2 N–H and O–H groups in total. The van der Waals surface area contributed by atoms with Crippen LogP contribution in [0.4, 0.5) is 10.1 Å². The third-order valence-corrected chi connectivity index (χ3v) is 3.48. The molecular weight excluding hydrogens is 245 g/mol. The lowest BCUT2D eigenvalue weighted by atomic mass is 10.2. The lowest BCUT2D eigenvalue weighted by Gasteiger charge is -2.19. The molecule has 1 aromatic carbocycles. The van der Waals surface area contributed by atoms with Gasteiger partial charge in [0, 0.05) is 12.6 Å². The van der Waals surface area contributed by atoms with Crippen LogP contribution in [0.5, 0.6) is 0 Å². The highest BCUT2D eigenvalue weighted by Gasteiger charge is 2.20. The molecule has 1 amide bonds. The predicted octanol–water partition coefficient (Wildman–Crippen LogP) is 1.45. The van der Waals surface area contributed by atoms with Crippen LogP contribution in [0.25, 0.3) is 0 Å². The number of nitrogens with one attached hydrogen (secondary N) is 2. The lowest BCUT2D eigenvalue weighted by Crippen LogP contribution is -2.38. The zero-order chi connectivity index (χ0) is 13.7. The van der Waals surface area contributed by atoms with Crippen molar-refractivity contribution < 1.29 is 9.18 Å². The van der Waals surface area contributed by atoms with E-state index < -0.39 is 5.82 Å². The van der Waals surface area contributed by atoms with Gasteiger partial charge in [-0.1, -0.05) is 12.1 Å². The standard InChI is InChI=1S/C14H20FN3O/c1-18-8-4-5-11(18)9-16-10-14(19)17-13-7-3-2-6-12(13)15/h2-3,6-7,11,16H,4-5,8-10H2,1H3,(H,17,19). The Kier molecular flexibility index (Phi) is 4.87. The van der Waals surface area contributed by atoms with Crippen molar-refractivity contribution in [3.8, 4) is 0 Å². The third kappa shape index (κ3) is 4.01. The first-order valence-electron chi connectivity index (χ1n) is 6.62. The maximum atomic E-state index is 13.3. The van der Waals surface area contributed by atoms with Gasteiger partial charge in [0.1, 0.15) is 5.82 Å². The summed E-state index contributed by atoms with van der Waals surface area (Å²) in [4.78, 5) is 14.0. The van der Waals surface area contributed by atoms with E-state index in [1.165, 1.54) is 18.9 Å². The van der Waals surface area contributed by atoms with E-state index in [1.807, 2.05) is 0 Å². The van der Waals surface area contributed by atoms with Crippen molar-refractivity contribution in [2.24, 2.45) is 0 Å². The van der Waals surface area contributed by atoms with E-state index in [0.29, 0.717) is 6.04 Å². The van der Waals surface area contributed by atoms with Crippen molar-refractivity contribution in [2.75, 3.05) is 32.0 Å². The second kappa shape index (κ2) is 6.63. The van der Waals surface area contributed by atoms with Gasteiger partial charge in [-0.3, -0.25) is 4.79 Å². The average Bonchev–Trinajstić information content (AvgIpc) is 2.78. The van der Waals surface area contributed by atoms with Crippen LogP contribution < -0.4 is 10.6 Å². The lowest BCUT2D eigenvalue weighted by molar-refractivity contribution is -0.115. The highest BCUT2D eigenvalue weighted by molar-refractivity contribution is 5.92. The molecule has 104 valence electrons. The minimum absolute atomic E-state index is 0.207. The summed E-state index contributed by atoms with van der Waals surface area (Å²) in [5.74, 6) is -0.628. The Bertz CT molecular complexity index is 438. The van der Waals surface area contributed by atoms with Gasteiger partial charge in [-0.15, -0.1) is 0 Å². The van der Waals surface area contributed by atoms with Crippen LogP contribution in [0.2, 0.25) is 0 Å². The number of para-hydroxylation sites is 1. The first kappa shape index (κ1) is 14.0. The monoisotopic (exact) mass is 265 g/mol. The van der Waals surface area contributed by atoms with Gasteiger partial charge in [-0.05, 0) is 38.6 Å². The Morgan fingerprint density at radius 2 is 2.26 bits per heavy atom. The Morgan fingerprint density at radius 3 is 2.95 bits per heavy atom. The van der Waals surface area contributed by atoms with Crippen molar-refractivity contribution in [3.63, 3.8) is 0 Å². The Hall–Kier alpha value is -1.46. The number of rotatable bonds is 5. The van der Waals surface area contributed by atoms with Crippen molar-refractivity contribution in [3.05, 3.63) is 30.1 Å². The molecule has 1 saturated heterocycles. The number of amides is 1. The smallest absolute Gasteiger partial charge is 0.238 e. The molecule has 19 heavy (non-hydrogen) atoms. The molecule has 0 bridgehead atoms. The summed E-state index contributed by atoms with van der Waals surface area (Å²) >= 11 is 0. The van der Waals surface area contributed by atoms with Crippen LogP contribution >= 0.6 is 0 Å². The van der Waals surface area contributed by atoms with E-state index >= 15 is 0 Å². The van der Waals surface area contributed by atoms with E-state index in [-0.39, 0.29) is 18.1 Å². The van der Waals surface area contributed by atoms with Crippen molar-refractivity contribution >= 4 is 11.6 Å². The fourth-order valence-electron chi connectivity index (χ4n) is 2.35. The molecule has 0 radical (unpaired) electrons. The van der Waals surface area contributed by atoms with Gasteiger partial charge in [-0.25, -0.2) is 4.39 Å². The first-order chi connectivity index (χ1) is 9.16. The van der Waals surface area contributed by atoms with E-state index in [0.717, 1.165) is 13.1 Å². The summed E-state index contributed by atoms with van der Waals surface area (Å²) in [6.45, 7) is 2.12. The maximum Gasteiger partial charge on any atom is 0.238 e. The largest absolute Gasteiger partial charge is 0.322 e. The molecule has 1 aliphatic heterocycles. The van der Waals surface area contributed by atoms with Crippen LogP contribution in [0.15, 0.2) is 24.3 Å². The van der Waals surface area contributed by atoms with E-state index in [1.54, 1.807) is 18.2 Å². The third-order valence-electron chi connectivity index (χ3n) is 3.48. The second-order valence-corrected chi connectivity index (χ2v) is 4.94. The van der Waals surface area contributed by atoms with Crippen molar-refractivity contribution in [1.82, 2.24) is 10.2 Å². The number of hydrogen-bond acceptors (Lipinski definition) is 3. The minimum atomic E-state index is -0.411. The van der Waals surface area contributed by atoms with Crippen LogP contribution in [0.3, 0.4) is 0 Å². The van der Waals surface area contributed by atoms with Crippen molar-refractivity contribution in [1.29, 1.82) is 0 Å². The van der Waals surface area contributed by atoms with Gasteiger partial charge in [0.15, 0.2) is 0 Å². The molecule has 1 heterocycles. The average molecular weight is 265 g/mol. The zero-order valence-corrected chi connectivity index (χ0v) is 11.2. The normalized spacial score (nSPS) is 19.6. The van der Waals surface area contributed by atoms with Gasteiger partial charge in [-0.2, -0.15) is 0 Å². The number of carbonyl (C=O) groups excluding carboxylic acids is 1. The van der Waals surface area contributed by atoms with Crippen molar-refractivity contribution in [2.45, 2.75) is 18.9 Å². The van der Waals surface area contributed by atoms with E-state index in [2.05, 4.69) is 22.6 Å². The SMILES string of the molecule is CN1CCCC1CNCC(=O)Nc1ccccc1F. The van der Waals surface area contributed by atoms with Gasteiger partial charge >= 0.3 is 0 Å². The summed E-state index contributed by atoms with van der Waals surface area (Å²) in [6.07, 6.45) is 2.38. The number of likely N-dealkylation sites (N-methyl/N-ethyl adjacent to an activating group) is 1. The summed E-state index contributed by atoms with van der Waals surface area (Å²) in [5.41, 5.74) is 0.229. The number of anilines is 1. The Balaban J connectivity index is 1.72.